The van der Waals surface area contributed by atoms with Crippen LogP contribution in [0.3, 0.4) is 0 Å². The van der Waals surface area contributed by atoms with E-state index in [0.717, 1.165) is 36.4 Å². The van der Waals surface area contributed by atoms with Crippen LogP contribution < -0.4 is 11.1 Å². The molecule has 98 valence electrons. The zero-order chi connectivity index (χ0) is 12.8. The number of rotatable bonds is 6. The minimum Gasteiger partial charge on any atom is -0.352 e. The van der Waals surface area contributed by atoms with Gasteiger partial charge in [-0.25, -0.2) is 0 Å². The molecule has 1 aliphatic rings. The maximum Gasteiger partial charge on any atom is 0.251 e. The molecule has 1 aromatic carbocycles. The first-order chi connectivity index (χ1) is 8.79. The lowest BCUT2D eigenvalue weighted by molar-refractivity contribution is 0.0949. The topological polar surface area (TPSA) is 55.1 Å². The summed E-state index contributed by atoms with van der Waals surface area (Å²) in [6.07, 6.45) is 5.97. The van der Waals surface area contributed by atoms with E-state index in [-0.39, 0.29) is 5.91 Å². The summed E-state index contributed by atoms with van der Waals surface area (Å²) in [4.78, 5) is 11.9. The lowest BCUT2D eigenvalue weighted by Gasteiger charge is -2.25. The van der Waals surface area contributed by atoms with Gasteiger partial charge >= 0.3 is 0 Å². The van der Waals surface area contributed by atoms with Crippen molar-refractivity contribution >= 4 is 5.91 Å². The van der Waals surface area contributed by atoms with Crippen LogP contribution >= 0.6 is 0 Å². The van der Waals surface area contributed by atoms with Crippen LogP contribution in [0.5, 0.6) is 0 Å². The summed E-state index contributed by atoms with van der Waals surface area (Å²) in [5, 5.41) is 3.00. The van der Waals surface area contributed by atoms with E-state index in [0.29, 0.717) is 6.54 Å². The van der Waals surface area contributed by atoms with Gasteiger partial charge in [0.1, 0.15) is 0 Å². The summed E-state index contributed by atoms with van der Waals surface area (Å²) in [6, 6.07) is 7.73. The molecule has 0 unspecified atom stereocenters. The van der Waals surface area contributed by atoms with Crippen molar-refractivity contribution in [1.82, 2.24) is 5.32 Å². The molecule has 1 aliphatic carbocycles. The average molecular weight is 246 g/mol. The molecular formula is C15H22N2O. The highest BCUT2D eigenvalue weighted by atomic mass is 16.1. The SMILES string of the molecule is NCCc1cccc(C(=O)NCCC2CCC2)c1. The number of amides is 1. The number of hydrogen-bond donors (Lipinski definition) is 2. The molecule has 0 aliphatic heterocycles. The molecule has 0 radical (unpaired) electrons. The second-order valence-corrected chi connectivity index (χ2v) is 5.08. The third-order valence-corrected chi connectivity index (χ3v) is 3.69. The van der Waals surface area contributed by atoms with Gasteiger partial charge in [-0.2, -0.15) is 0 Å². The fourth-order valence-corrected chi connectivity index (χ4v) is 2.31. The van der Waals surface area contributed by atoms with E-state index in [1.165, 1.54) is 19.3 Å². The number of nitrogens with one attached hydrogen (secondary N) is 1. The van der Waals surface area contributed by atoms with Crippen molar-refractivity contribution in [3.63, 3.8) is 0 Å². The van der Waals surface area contributed by atoms with Crippen LogP contribution in [0.4, 0.5) is 0 Å². The Labute approximate surface area is 109 Å². The number of benzene rings is 1. The highest BCUT2D eigenvalue weighted by molar-refractivity contribution is 5.94. The lowest BCUT2D eigenvalue weighted by atomic mass is 9.83. The van der Waals surface area contributed by atoms with Gasteiger partial charge in [0, 0.05) is 12.1 Å². The molecule has 3 nitrogen and oxygen atoms in total. The van der Waals surface area contributed by atoms with Crippen LogP contribution in [-0.4, -0.2) is 19.0 Å². The maximum atomic E-state index is 11.9. The van der Waals surface area contributed by atoms with Crippen molar-refractivity contribution in [3.8, 4) is 0 Å². The van der Waals surface area contributed by atoms with Gasteiger partial charge in [-0.1, -0.05) is 31.4 Å². The van der Waals surface area contributed by atoms with Crippen LogP contribution in [0.15, 0.2) is 24.3 Å². The highest BCUT2D eigenvalue weighted by Gasteiger charge is 2.17. The van der Waals surface area contributed by atoms with Crippen molar-refractivity contribution in [2.45, 2.75) is 32.1 Å². The maximum absolute atomic E-state index is 11.9. The van der Waals surface area contributed by atoms with E-state index in [9.17, 15) is 4.79 Å². The number of nitrogens with two attached hydrogens (primary N) is 1. The molecule has 0 bridgehead atoms. The average Bonchev–Trinajstić information content (AvgIpc) is 2.33. The molecule has 18 heavy (non-hydrogen) atoms. The Hall–Kier alpha value is -1.35. The summed E-state index contributed by atoms with van der Waals surface area (Å²) < 4.78 is 0. The smallest absolute Gasteiger partial charge is 0.251 e. The zero-order valence-electron chi connectivity index (χ0n) is 10.8. The third kappa shape index (κ3) is 3.57. The summed E-state index contributed by atoms with van der Waals surface area (Å²) in [5.74, 6) is 0.877. The number of carbonyl (C=O) groups is 1. The second-order valence-electron chi connectivity index (χ2n) is 5.08. The van der Waals surface area contributed by atoms with Crippen molar-refractivity contribution in [2.75, 3.05) is 13.1 Å². The molecule has 1 aromatic rings. The van der Waals surface area contributed by atoms with Crippen LogP contribution in [0.2, 0.25) is 0 Å². The normalized spacial score (nSPS) is 15.2. The molecule has 0 heterocycles. The molecule has 1 amide bonds. The minimum absolute atomic E-state index is 0.0354. The fourth-order valence-electron chi connectivity index (χ4n) is 2.31. The van der Waals surface area contributed by atoms with Crippen LogP contribution in [-0.2, 0) is 6.42 Å². The lowest BCUT2D eigenvalue weighted by Crippen LogP contribution is -2.27. The summed E-state index contributed by atoms with van der Waals surface area (Å²) >= 11 is 0. The quantitative estimate of drug-likeness (QED) is 0.807. The fraction of sp³-hybridized carbons (Fsp3) is 0.533. The van der Waals surface area contributed by atoms with E-state index in [4.69, 9.17) is 5.73 Å². The van der Waals surface area contributed by atoms with Gasteiger partial charge in [0.15, 0.2) is 0 Å². The first-order valence-electron chi connectivity index (χ1n) is 6.87. The molecule has 0 aromatic heterocycles. The molecule has 1 saturated carbocycles. The van der Waals surface area contributed by atoms with E-state index >= 15 is 0 Å². The third-order valence-electron chi connectivity index (χ3n) is 3.69. The molecule has 1 fully saturated rings. The monoisotopic (exact) mass is 246 g/mol. The van der Waals surface area contributed by atoms with Crippen molar-refractivity contribution < 1.29 is 4.79 Å². The van der Waals surface area contributed by atoms with Crippen molar-refractivity contribution in [2.24, 2.45) is 11.7 Å². The highest BCUT2D eigenvalue weighted by Crippen LogP contribution is 2.28. The zero-order valence-corrected chi connectivity index (χ0v) is 10.8. The van der Waals surface area contributed by atoms with Crippen LogP contribution in [0.25, 0.3) is 0 Å². The molecule has 2 rings (SSSR count). The molecule has 0 spiro atoms. The number of hydrogen-bond acceptors (Lipinski definition) is 2. The van der Waals surface area contributed by atoms with Gasteiger partial charge in [-0.05, 0) is 43.0 Å². The minimum atomic E-state index is 0.0354. The molecule has 0 saturated heterocycles. The summed E-state index contributed by atoms with van der Waals surface area (Å²) in [6.45, 7) is 1.41. The van der Waals surface area contributed by atoms with Crippen molar-refractivity contribution in [3.05, 3.63) is 35.4 Å². The first-order valence-corrected chi connectivity index (χ1v) is 6.87. The largest absolute Gasteiger partial charge is 0.352 e. The first kappa shape index (κ1) is 13.1. The standard InChI is InChI=1S/C15H22N2O/c16-9-7-13-5-2-6-14(11-13)15(18)17-10-8-12-3-1-4-12/h2,5-6,11-12H,1,3-4,7-10,16H2,(H,17,18). The van der Waals surface area contributed by atoms with Gasteiger partial charge in [0.2, 0.25) is 0 Å². The van der Waals surface area contributed by atoms with E-state index < -0.39 is 0 Å². The van der Waals surface area contributed by atoms with Crippen LogP contribution in [0.1, 0.15) is 41.6 Å². The Morgan fingerprint density at radius 3 is 2.89 bits per heavy atom. The Balaban J connectivity index is 1.81. The Bertz CT molecular complexity index is 399. The number of carbonyl (C=O) groups excluding carboxylic acids is 1. The van der Waals surface area contributed by atoms with E-state index in [1.54, 1.807) is 0 Å². The van der Waals surface area contributed by atoms with Gasteiger partial charge < -0.3 is 11.1 Å². The van der Waals surface area contributed by atoms with Gasteiger partial charge in [0.25, 0.3) is 5.91 Å². The Morgan fingerprint density at radius 2 is 2.22 bits per heavy atom. The molecule has 3 heteroatoms. The van der Waals surface area contributed by atoms with Gasteiger partial charge in [-0.3, -0.25) is 4.79 Å². The van der Waals surface area contributed by atoms with E-state index in [2.05, 4.69) is 5.32 Å². The summed E-state index contributed by atoms with van der Waals surface area (Å²) in [7, 11) is 0. The molecule has 0 atom stereocenters. The Morgan fingerprint density at radius 1 is 1.39 bits per heavy atom. The van der Waals surface area contributed by atoms with Gasteiger partial charge in [0.05, 0.1) is 0 Å². The Kier molecular flexibility index (Phi) is 4.76. The van der Waals surface area contributed by atoms with Crippen LogP contribution in [0, 0.1) is 5.92 Å². The predicted molar refractivity (Wildman–Crippen MR) is 73.5 cm³/mol. The molecule has 3 N–H and O–H groups in total. The van der Waals surface area contributed by atoms with Crippen molar-refractivity contribution in [1.29, 1.82) is 0 Å². The predicted octanol–water partition coefficient (Wildman–Crippen LogP) is 2.11. The van der Waals surface area contributed by atoms with Gasteiger partial charge in [-0.15, -0.1) is 0 Å². The summed E-state index contributed by atoms with van der Waals surface area (Å²) in [5.41, 5.74) is 7.40. The molecular weight excluding hydrogens is 224 g/mol. The second kappa shape index (κ2) is 6.55. The van der Waals surface area contributed by atoms with E-state index in [1.807, 2.05) is 24.3 Å².